The molecule has 0 aliphatic carbocycles. The number of hydrogen-bond acceptors (Lipinski definition) is 4. The molecule has 0 N–H and O–H groups in total. The van der Waals surface area contributed by atoms with E-state index in [0.717, 1.165) is 0 Å². The van der Waals surface area contributed by atoms with Gasteiger partial charge in [0, 0.05) is 6.42 Å². The van der Waals surface area contributed by atoms with Gasteiger partial charge in [-0.05, 0) is 19.1 Å². The van der Waals surface area contributed by atoms with Crippen LogP contribution in [0.5, 0.6) is 0 Å². The van der Waals surface area contributed by atoms with Gasteiger partial charge in [0.15, 0.2) is 0 Å². The first-order valence-electron chi connectivity index (χ1n) is 4.18. The maximum Gasteiger partial charge on any atom is 0.307 e. The molecule has 0 saturated heterocycles. The molecule has 0 aromatic rings. The molecule has 4 nitrogen and oxygen atoms in total. The quantitative estimate of drug-likeness (QED) is 0.323. The van der Waals surface area contributed by atoms with Gasteiger partial charge >= 0.3 is 12.3 Å². The number of halogens is 4. The molecule has 16 heavy (non-hydrogen) atoms. The van der Waals surface area contributed by atoms with Gasteiger partial charge in [-0.15, -0.1) is 0 Å². The first-order valence-corrected chi connectivity index (χ1v) is 8.63. The fourth-order valence-electron chi connectivity index (χ4n) is 0.895. The van der Waals surface area contributed by atoms with E-state index in [1.807, 2.05) is 0 Å². The summed E-state index contributed by atoms with van der Waals surface area (Å²) in [5.41, 5.74) is 0. The van der Waals surface area contributed by atoms with E-state index in [-0.39, 0.29) is 0 Å². The Bertz CT molecular complexity index is 329. The van der Waals surface area contributed by atoms with Crippen molar-refractivity contribution in [3.05, 3.63) is 0 Å². The Labute approximate surface area is 91.7 Å². The maximum atomic E-state index is 12.5. The van der Waals surface area contributed by atoms with E-state index in [1.165, 1.54) is 13.1 Å². The van der Waals surface area contributed by atoms with E-state index >= 15 is 0 Å². The van der Waals surface area contributed by atoms with Gasteiger partial charge in [0.1, 0.15) is 0 Å². The summed E-state index contributed by atoms with van der Waals surface area (Å²) in [6.45, 7) is 2.37. The first kappa shape index (κ1) is 15.8. The lowest BCUT2D eigenvalue weighted by molar-refractivity contribution is -0.130. The topological polar surface area (TPSA) is 66.4 Å². The van der Waals surface area contributed by atoms with Gasteiger partial charge in [0.05, 0.1) is 0 Å². The summed E-state index contributed by atoms with van der Waals surface area (Å²) >= 11 is 0. The highest BCUT2D eigenvalue weighted by atomic mass is 32.3. The first-order chi connectivity index (χ1) is 6.86. The van der Waals surface area contributed by atoms with Crippen LogP contribution in [0.2, 0.25) is 19.1 Å². The van der Waals surface area contributed by atoms with Gasteiger partial charge in [-0.1, -0.05) is 0 Å². The van der Waals surface area contributed by atoms with Crippen LogP contribution in [0, 0.1) is 0 Å². The van der Waals surface area contributed by atoms with Crippen molar-refractivity contribution in [1.82, 2.24) is 0 Å². The monoisotopic (exact) mass is 283 g/mol. The Kier molecular flexibility index (Phi) is 4.92. The molecule has 0 amide bonds. The molecule has 0 heterocycles. The summed E-state index contributed by atoms with van der Waals surface area (Å²) in [4.78, 5) is 0. The van der Waals surface area contributed by atoms with Crippen molar-refractivity contribution >= 4 is 18.7 Å². The fraction of sp³-hybridized carbons (Fsp3) is 1.00. The summed E-state index contributed by atoms with van der Waals surface area (Å²) < 4.78 is 83.3. The molecule has 0 rings (SSSR count). The summed E-state index contributed by atoms with van der Waals surface area (Å²) in [7, 11) is -8.20. The molecule has 0 bridgehead atoms. The van der Waals surface area contributed by atoms with E-state index in [4.69, 9.17) is 0 Å². The number of rotatable bonds is 6. The number of alkyl halides is 4. The Morgan fingerprint density at radius 3 is 2.12 bits per heavy atom. The van der Waals surface area contributed by atoms with E-state index in [1.54, 1.807) is 0 Å². The predicted molar refractivity (Wildman–Crippen MR) is 48.6 cm³/mol. The molecule has 0 fully saturated rings. The Balaban J connectivity index is 4.40. The molecule has 0 radical (unpaired) electrons. The summed E-state index contributed by atoms with van der Waals surface area (Å²) in [5.74, 6) is -4.19. The van der Waals surface area contributed by atoms with Crippen molar-refractivity contribution < 1.29 is 34.4 Å². The van der Waals surface area contributed by atoms with Gasteiger partial charge in [0.2, 0.25) is 18.7 Å². The molecule has 98 valence electrons. The zero-order chi connectivity index (χ0) is 13.2. The highest BCUT2D eigenvalue weighted by Gasteiger charge is 2.42. The maximum absolute atomic E-state index is 12.5. The molecule has 0 aromatic carbocycles. The van der Waals surface area contributed by atoms with Crippen molar-refractivity contribution in [3.8, 4) is 0 Å². The smallest absolute Gasteiger partial charge is 0.307 e. The van der Waals surface area contributed by atoms with Gasteiger partial charge in [-0.25, -0.2) is 26.0 Å². The van der Waals surface area contributed by atoms with Crippen molar-refractivity contribution in [2.45, 2.75) is 37.9 Å². The lowest BCUT2D eigenvalue weighted by Gasteiger charge is -2.25. The summed E-state index contributed by atoms with van der Waals surface area (Å²) in [6, 6.07) is -0.550. The number of hydrogen-bond donors (Lipinski definition) is 0. The SMILES string of the molecule is C[Si](C)(CCC(F)(F)C(F)F)OS(=O)(=O)[O-]. The molecule has 10 heteroatoms. The lowest BCUT2D eigenvalue weighted by Crippen LogP contribution is -2.37. The minimum atomic E-state index is -4.99. The second-order valence-electron chi connectivity index (χ2n) is 3.81. The van der Waals surface area contributed by atoms with Gasteiger partial charge in [0.25, 0.3) is 0 Å². The Hall–Kier alpha value is -0.193. The van der Waals surface area contributed by atoms with Crippen LogP contribution in [0.15, 0.2) is 0 Å². The average molecular weight is 283 g/mol. The normalized spacial score (nSPS) is 14.5. The van der Waals surface area contributed by atoms with Crippen LogP contribution in [0.1, 0.15) is 6.42 Å². The second-order valence-corrected chi connectivity index (χ2v) is 9.32. The lowest BCUT2D eigenvalue weighted by atomic mass is 10.3. The largest absolute Gasteiger partial charge is 0.726 e. The molecule has 0 atom stereocenters. The van der Waals surface area contributed by atoms with Crippen LogP contribution >= 0.6 is 0 Å². The molecular weight excluding hydrogens is 272 g/mol. The van der Waals surface area contributed by atoms with Crippen LogP contribution < -0.4 is 0 Å². The van der Waals surface area contributed by atoms with Crippen LogP contribution in [0.3, 0.4) is 0 Å². The van der Waals surface area contributed by atoms with Crippen molar-refractivity contribution in [2.75, 3.05) is 0 Å². The molecule has 0 aliphatic heterocycles. The summed E-state index contributed by atoms with van der Waals surface area (Å²) in [6.07, 6.45) is -5.03. The van der Waals surface area contributed by atoms with Crippen LogP contribution in [-0.4, -0.2) is 33.6 Å². The van der Waals surface area contributed by atoms with Crippen molar-refractivity contribution in [3.63, 3.8) is 0 Å². The zero-order valence-electron chi connectivity index (χ0n) is 8.54. The van der Waals surface area contributed by atoms with E-state index in [2.05, 4.69) is 3.87 Å². The van der Waals surface area contributed by atoms with Crippen molar-refractivity contribution in [1.29, 1.82) is 0 Å². The van der Waals surface area contributed by atoms with Crippen LogP contribution in [0.4, 0.5) is 17.6 Å². The van der Waals surface area contributed by atoms with Crippen LogP contribution in [0.25, 0.3) is 0 Å². The molecule has 0 aliphatic rings. The van der Waals surface area contributed by atoms with E-state index in [9.17, 15) is 30.5 Å². The third-order valence-electron chi connectivity index (χ3n) is 1.71. The third kappa shape index (κ3) is 6.40. The van der Waals surface area contributed by atoms with Crippen LogP contribution in [-0.2, 0) is 14.3 Å². The predicted octanol–water partition coefficient (Wildman–Crippen LogP) is 1.96. The molecular formula is C6H11F4O4SSi-. The van der Waals surface area contributed by atoms with Gasteiger partial charge < -0.3 is 8.42 Å². The fourth-order valence-corrected chi connectivity index (χ4v) is 4.37. The van der Waals surface area contributed by atoms with Gasteiger partial charge in [-0.3, -0.25) is 0 Å². The van der Waals surface area contributed by atoms with Gasteiger partial charge in [-0.2, -0.15) is 0 Å². The van der Waals surface area contributed by atoms with E-state index < -0.39 is 43.5 Å². The van der Waals surface area contributed by atoms with E-state index in [0.29, 0.717) is 0 Å². The Morgan fingerprint density at radius 1 is 1.38 bits per heavy atom. The highest BCUT2D eigenvalue weighted by Crippen LogP contribution is 2.31. The molecule has 0 saturated carbocycles. The second kappa shape index (κ2) is 4.98. The minimum absolute atomic E-state index is 0.550. The molecule has 0 aromatic heterocycles. The summed E-state index contributed by atoms with van der Waals surface area (Å²) in [5, 5.41) is 0. The minimum Gasteiger partial charge on any atom is -0.726 e. The highest BCUT2D eigenvalue weighted by molar-refractivity contribution is 7.82. The third-order valence-corrected chi connectivity index (χ3v) is 5.78. The molecule has 0 spiro atoms. The average Bonchev–Trinajstić information content (AvgIpc) is 1.96. The zero-order valence-corrected chi connectivity index (χ0v) is 10.4. The standard InChI is InChI=1S/C6H12F4O4SSi/c1-16(2,14-15(11,12)13)4-3-6(9,10)5(7)8/h5H,3-4H2,1-2H3,(H,11,12,13)/p-1. The Morgan fingerprint density at radius 2 is 1.81 bits per heavy atom. The molecule has 0 unspecified atom stereocenters. The van der Waals surface area contributed by atoms with Crippen molar-refractivity contribution in [2.24, 2.45) is 0 Å².